The van der Waals surface area contributed by atoms with Gasteiger partial charge < -0.3 is 14.2 Å². The Bertz CT molecular complexity index is 1480. The Kier molecular flexibility index (Phi) is 8.98. The summed E-state index contributed by atoms with van der Waals surface area (Å²) in [6, 6.07) is 34.1. The average molecular weight is 565 g/mol. The number of fused-ring (bicyclic) bond motifs is 1. The molecule has 1 aliphatic heterocycles. The van der Waals surface area contributed by atoms with E-state index in [0.717, 1.165) is 40.3 Å². The zero-order valence-electron chi connectivity index (χ0n) is 24.2. The number of ether oxygens (including phenoxy) is 3. The second-order valence-electron chi connectivity index (χ2n) is 10.4. The molecule has 0 bridgehead atoms. The maximum Gasteiger partial charge on any atom is 0.321 e. The summed E-state index contributed by atoms with van der Waals surface area (Å²) in [7, 11) is 4.29. The third-order valence-corrected chi connectivity index (χ3v) is 8.22. The lowest BCUT2D eigenvalue weighted by Crippen LogP contribution is -2.48. The van der Waals surface area contributed by atoms with Crippen LogP contribution in [0, 0.1) is 5.92 Å². The molecule has 1 fully saturated rings. The van der Waals surface area contributed by atoms with Crippen LogP contribution in [0.4, 0.5) is 0 Å². The molecule has 1 heterocycles. The Morgan fingerprint density at radius 3 is 1.95 bits per heavy atom. The molecule has 216 valence electrons. The van der Waals surface area contributed by atoms with Gasteiger partial charge in [0.05, 0.1) is 20.3 Å². The van der Waals surface area contributed by atoms with Crippen molar-refractivity contribution in [2.24, 2.45) is 11.0 Å². The predicted octanol–water partition coefficient (Wildman–Crippen LogP) is 5.93. The number of methoxy groups -OCH3 is 3. The summed E-state index contributed by atoms with van der Waals surface area (Å²) in [5, 5.41) is 9.07. The molecule has 0 aromatic heterocycles. The zero-order chi connectivity index (χ0) is 29.5. The van der Waals surface area contributed by atoms with Crippen LogP contribution in [-0.2, 0) is 29.4 Å². The molecule has 0 unspecified atom stereocenters. The molecule has 0 amide bonds. The van der Waals surface area contributed by atoms with Crippen LogP contribution in [0.25, 0.3) is 10.8 Å². The standard InChI is InChI=1S/C35H36N2O5/c1-40-33(38)32(34(39)41-2)30(27-21-20-25-13-10-11-14-26(25)23-27)24-36-37-22-12-19-31(37)35(42-3,28-15-6-4-7-16-28)29-17-8-5-9-18-29/h4-11,13-18,20-21,23-24,30-32H,12,19,22H2,1-3H3/b36-24+/t30-,31+/m1/s1. The van der Waals surface area contributed by atoms with Crippen LogP contribution in [0.3, 0.4) is 0 Å². The second-order valence-corrected chi connectivity index (χ2v) is 10.4. The fourth-order valence-electron chi connectivity index (χ4n) is 6.18. The summed E-state index contributed by atoms with van der Waals surface area (Å²) in [5.74, 6) is -3.30. The predicted molar refractivity (Wildman–Crippen MR) is 163 cm³/mol. The lowest BCUT2D eigenvalue weighted by Gasteiger charge is -2.42. The maximum absolute atomic E-state index is 13.0. The SMILES string of the molecule is COC(=O)C(C(=O)OC)[C@H](/C=N/N1CCC[C@H]1C(OC)(c1ccccc1)c1ccccc1)c1ccc2ccccc2c1. The average Bonchev–Trinajstić information content (AvgIpc) is 3.52. The fourth-order valence-corrected chi connectivity index (χ4v) is 6.18. The summed E-state index contributed by atoms with van der Waals surface area (Å²) in [5.41, 5.74) is 2.02. The number of carbonyl (C=O) groups is 2. The first kappa shape index (κ1) is 29.0. The largest absolute Gasteiger partial charge is 0.468 e. The number of esters is 2. The van der Waals surface area contributed by atoms with Gasteiger partial charge in [0.15, 0.2) is 5.92 Å². The van der Waals surface area contributed by atoms with Gasteiger partial charge in [0, 0.05) is 25.8 Å². The van der Waals surface area contributed by atoms with E-state index < -0.39 is 29.4 Å². The van der Waals surface area contributed by atoms with E-state index in [0.29, 0.717) is 6.54 Å². The first-order valence-corrected chi connectivity index (χ1v) is 14.1. The molecular formula is C35H36N2O5. The van der Waals surface area contributed by atoms with Crippen molar-refractivity contribution in [3.8, 4) is 0 Å². The van der Waals surface area contributed by atoms with Crippen molar-refractivity contribution in [3.63, 3.8) is 0 Å². The number of rotatable bonds is 10. The summed E-state index contributed by atoms with van der Waals surface area (Å²) in [6.07, 6.45) is 3.44. The van der Waals surface area contributed by atoms with E-state index >= 15 is 0 Å². The Labute approximate surface area is 246 Å². The van der Waals surface area contributed by atoms with Gasteiger partial charge in [-0.25, -0.2) is 0 Å². The molecule has 0 N–H and O–H groups in total. The molecule has 5 rings (SSSR count). The fraction of sp³-hybridized carbons (Fsp3) is 0.286. The molecule has 4 aromatic rings. The van der Waals surface area contributed by atoms with Gasteiger partial charge in [0.2, 0.25) is 0 Å². The van der Waals surface area contributed by atoms with Gasteiger partial charge in [-0.1, -0.05) is 103 Å². The van der Waals surface area contributed by atoms with Gasteiger partial charge in [-0.2, -0.15) is 5.10 Å². The van der Waals surface area contributed by atoms with E-state index in [1.165, 1.54) is 14.2 Å². The minimum Gasteiger partial charge on any atom is -0.468 e. The van der Waals surface area contributed by atoms with Gasteiger partial charge in [-0.05, 0) is 40.3 Å². The number of nitrogens with zero attached hydrogens (tertiary/aromatic N) is 2. The maximum atomic E-state index is 13.0. The van der Waals surface area contributed by atoms with Crippen LogP contribution in [0.5, 0.6) is 0 Å². The summed E-state index contributed by atoms with van der Waals surface area (Å²) >= 11 is 0. The minimum absolute atomic E-state index is 0.143. The summed E-state index contributed by atoms with van der Waals surface area (Å²) < 4.78 is 16.6. The van der Waals surface area contributed by atoms with E-state index in [1.54, 1.807) is 13.3 Å². The van der Waals surface area contributed by atoms with Crippen molar-refractivity contribution in [2.75, 3.05) is 27.9 Å². The Morgan fingerprint density at radius 1 is 0.810 bits per heavy atom. The van der Waals surface area contributed by atoms with Crippen molar-refractivity contribution in [2.45, 2.75) is 30.4 Å². The van der Waals surface area contributed by atoms with E-state index in [2.05, 4.69) is 24.3 Å². The van der Waals surface area contributed by atoms with Gasteiger partial charge in [0.1, 0.15) is 5.60 Å². The Morgan fingerprint density at radius 2 is 1.38 bits per heavy atom. The molecular weight excluding hydrogens is 528 g/mol. The van der Waals surface area contributed by atoms with E-state index in [4.69, 9.17) is 19.3 Å². The molecule has 2 atom stereocenters. The molecule has 7 heteroatoms. The highest BCUT2D eigenvalue weighted by Gasteiger charge is 2.47. The highest BCUT2D eigenvalue weighted by Crippen LogP contribution is 2.43. The first-order valence-electron chi connectivity index (χ1n) is 14.1. The third-order valence-electron chi connectivity index (χ3n) is 8.22. The van der Waals surface area contributed by atoms with Crippen LogP contribution in [0.2, 0.25) is 0 Å². The highest BCUT2D eigenvalue weighted by atomic mass is 16.5. The van der Waals surface area contributed by atoms with Crippen molar-refractivity contribution in [3.05, 3.63) is 120 Å². The smallest absolute Gasteiger partial charge is 0.321 e. The van der Waals surface area contributed by atoms with Gasteiger partial charge in [-0.3, -0.25) is 14.6 Å². The van der Waals surface area contributed by atoms with Crippen LogP contribution in [-0.4, -0.2) is 57.1 Å². The van der Waals surface area contributed by atoms with Crippen molar-refractivity contribution >= 4 is 28.9 Å². The topological polar surface area (TPSA) is 77.4 Å². The molecule has 0 aliphatic carbocycles. The first-order chi connectivity index (χ1) is 20.5. The minimum atomic E-state index is -1.22. The Hall–Kier alpha value is -4.49. The van der Waals surface area contributed by atoms with Gasteiger partial charge in [-0.15, -0.1) is 0 Å². The molecule has 7 nitrogen and oxygen atoms in total. The highest BCUT2D eigenvalue weighted by molar-refractivity contribution is 6.00. The lowest BCUT2D eigenvalue weighted by molar-refractivity contribution is -0.159. The molecule has 0 spiro atoms. The number of hydrazone groups is 1. The van der Waals surface area contributed by atoms with E-state index in [-0.39, 0.29) is 6.04 Å². The summed E-state index contributed by atoms with van der Waals surface area (Å²) in [6.45, 7) is 0.692. The molecule has 4 aromatic carbocycles. The van der Waals surface area contributed by atoms with Crippen LogP contribution in [0.15, 0.2) is 108 Å². The molecule has 0 radical (unpaired) electrons. The number of hydrogen-bond acceptors (Lipinski definition) is 7. The normalized spacial score (nSPS) is 16.2. The number of carbonyl (C=O) groups excluding carboxylic acids is 2. The van der Waals surface area contributed by atoms with E-state index in [1.807, 2.05) is 83.9 Å². The van der Waals surface area contributed by atoms with Crippen LogP contribution < -0.4 is 0 Å². The third kappa shape index (κ3) is 5.52. The molecule has 42 heavy (non-hydrogen) atoms. The monoisotopic (exact) mass is 564 g/mol. The van der Waals surface area contributed by atoms with E-state index in [9.17, 15) is 9.59 Å². The molecule has 1 saturated heterocycles. The zero-order valence-corrected chi connectivity index (χ0v) is 24.2. The summed E-state index contributed by atoms with van der Waals surface area (Å²) in [4.78, 5) is 26.0. The molecule has 1 aliphatic rings. The van der Waals surface area contributed by atoms with Gasteiger partial charge in [0.25, 0.3) is 0 Å². The number of hydrogen-bond donors (Lipinski definition) is 0. The lowest BCUT2D eigenvalue weighted by atomic mass is 9.79. The number of benzene rings is 4. The van der Waals surface area contributed by atoms with Crippen LogP contribution >= 0.6 is 0 Å². The van der Waals surface area contributed by atoms with Gasteiger partial charge >= 0.3 is 11.9 Å². The quantitative estimate of drug-likeness (QED) is 0.135. The van der Waals surface area contributed by atoms with Crippen molar-refractivity contribution in [1.82, 2.24) is 5.01 Å². The van der Waals surface area contributed by atoms with Crippen molar-refractivity contribution in [1.29, 1.82) is 0 Å². The molecule has 0 saturated carbocycles. The van der Waals surface area contributed by atoms with Crippen LogP contribution in [0.1, 0.15) is 35.4 Å². The Balaban J connectivity index is 1.60. The second kappa shape index (κ2) is 13.0. The van der Waals surface area contributed by atoms with Crippen molar-refractivity contribution < 1.29 is 23.8 Å².